The largest absolute Gasteiger partial charge is 0.346 e. The van der Waals surface area contributed by atoms with Gasteiger partial charge in [-0.2, -0.15) is 0 Å². The number of hydroxylamine groups is 1. The zero-order valence-corrected chi connectivity index (χ0v) is 17.2. The Kier molecular flexibility index (Phi) is 6.47. The van der Waals surface area contributed by atoms with Gasteiger partial charge in [-0.15, -0.1) is 5.10 Å². The lowest BCUT2D eigenvalue weighted by Crippen LogP contribution is -2.25. The van der Waals surface area contributed by atoms with Gasteiger partial charge in [0.1, 0.15) is 5.69 Å². The molecule has 32 heavy (non-hydrogen) atoms. The molecule has 0 aliphatic carbocycles. The molecule has 2 aromatic carbocycles. The van der Waals surface area contributed by atoms with Crippen LogP contribution < -0.4 is 10.8 Å². The molecule has 4 rings (SSSR count). The quantitative estimate of drug-likeness (QED) is 0.292. The van der Waals surface area contributed by atoms with E-state index in [4.69, 9.17) is 5.21 Å². The van der Waals surface area contributed by atoms with E-state index in [2.05, 4.69) is 26.7 Å². The molecule has 0 fully saturated rings. The first-order valence-electron chi connectivity index (χ1n) is 10.1. The number of hydrogen-bond acceptors (Lipinski definition) is 6. The van der Waals surface area contributed by atoms with Crippen molar-refractivity contribution >= 4 is 22.6 Å². The second-order valence-corrected chi connectivity index (χ2v) is 7.39. The number of amides is 2. The van der Waals surface area contributed by atoms with Gasteiger partial charge in [0.05, 0.1) is 25.2 Å². The summed E-state index contributed by atoms with van der Waals surface area (Å²) in [6.07, 6.45) is 5.34. The van der Waals surface area contributed by atoms with Crippen molar-refractivity contribution in [3.63, 3.8) is 0 Å². The average Bonchev–Trinajstić information content (AvgIpc) is 3.31. The summed E-state index contributed by atoms with van der Waals surface area (Å²) in [5.74, 6) is -0.756. The number of fused-ring (bicyclic) bond motifs is 1. The molecule has 0 unspecified atom stereocenters. The molecule has 2 amide bonds. The van der Waals surface area contributed by atoms with Crippen molar-refractivity contribution < 1.29 is 14.8 Å². The van der Waals surface area contributed by atoms with Crippen LogP contribution in [0.15, 0.2) is 73.2 Å². The normalized spacial score (nSPS) is 11.8. The number of nitrogens with zero attached hydrogens (tertiary/aromatic N) is 4. The SMILES string of the molecule is O=C(C[C@@H](Cc1ccc2ccccc2c1)n1cc(CNC(=O)c2ccncc2)nn1)NO. The predicted molar refractivity (Wildman–Crippen MR) is 117 cm³/mol. The van der Waals surface area contributed by atoms with E-state index >= 15 is 0 Å². The van der Waals surface area contributed by atoms with E-state index in [1.807, 2.05) is 36.4 Å². The highest BCUT2D eigenvalue weighted by Crippen LogP contribution is 2.22. The van der Waals surface area contributed by atoms with Gasteiger partial charge >= 0.3 is 0 Å². The first-order chi connectivity index (χ1) is 15.6. The third-order valence-electron chi connectivity index (χ3n) is 5.14. The standard InChI is InChI=1S/C23H22N6O3/c30-22(27-32)13-21(12-16-5-6-17-3-1-2-4-19(17)11-16)29-15-20(26-28-29)14-25-23(31)18-7-9-24-10-8-18/h1-11,15,21,32H,12-14H2,(H,25,31)(H,27,30)/t21-/m1/s1. The molecule has 0 aliphatic rings. The molecule has 3 N–H and O–H groups in total. The maximum atomic E-state index is 12.2. The molecule has 2 aromatic heterocycles. The summed E-state index contributed by atoms with van der Waals surface area (Å²) >= 11 is 0. The molecule has 4 aromatic rings. The Morgan fingerprint density at radius 1 is 1.03 bits per heavy atom. The van der Waals surface area contributed by atoms with Crippen molar-refractivity contribution in [3.8, 4) is 0 Å². The number of carbonyl (C=O) groups excluding carboxylic acids is 2. The zero-order valence-electron chi connectivity index (χ0n) is 17.2. The van der Waals surface area contributed by atoms with Crippen molar-refractivity contribution in [2.24, 2.45) is 0 Å². The Labute approximate surface area is 184 Å². The highest BCUT2D eigenvalue weighted by molar-refractivity contribution is 5.93. The smallest absolute Gasteiger partial charge is 0.251 e. The van der Waals surface area contributed by atoms with Crippen LogP contribution in [0.2, 0.25) is 0 Å². The highest BCUT2D eigenvalue weighted by atomic mass is 16.5. The van der Waals surface area contributed by atoms with Gasteiger partial charge in [0.15, 0.2) is 0 Å². The molecule has 0 bridgehead atoms. The third kappa shape index (κ3) is 5.13. The van der Waals surface area contributed by atoms with E-state index < -0.39 is 5.91 Å². The predicted octanol–water partition coefficient (Wildman–Crippen LogP) is 2.44. The van der Waals surface area contributed by atoms with E-state index in [0.717, 1.165) is 16.3 Å². The van der Waals surface area contributed by atoms with Crippen molar-refractivity contribution in [1.29, 1.82) is 0 Å². The van der Waals surface area contributed by atoms with Crippen molar-refractivity contribution in [2.75, 3.05) is 0 Å². The lowest BCUT2D eigenvalue weighted by Gasteiger charge is -2.16. The number of pyridine rings is 1. The van der Waals surface area contributed by atoms with E-state index in [9.17, 15) is 9.59 Å². The molecule has 2 heterocycles. The summed E-state index contributed by atoms with van der Waals surface area (Å²) in [5.41, 5.74) is 3.77. The minimum atomic E-state index is -0.515. The minimum Gasteiger partial charge on any atom is -0.346 e. The van der Waals surface area contributed by atoms with E-state index in [-0.39, 0.29) is 24.9 Å². The van der Waals surface area contributed by atoms with Gasteiger partial charge in [0.2, 0.25) is 5.91 Å². The van der Waals surface area contributed by atoms with Crippen LogP contribution in [-0.2, 0) is 17.8 Å². The Hall–Kier alpha value is -4.11. The van der Waals surface area contributed by atoms with E-state index in [0.29, 0.717) is 17.7 Å². The van der Waals surface area contributed by atoms with Crippen LogP contribution in [0.4, 0.5) is 0 Å². The molecule has 0 saturated carbocycles. The van der Waals surface area contributed by atoms with Gasteiger partial charge in [-0.3, -0.25) is 19.8 Å². The van der Waals surface area contributed by atoms with Gasteiger partial charge in [0.25, 0.3) is 5.91 Å². The van der Waals surface area contributed by atoms with Gasteiger partial charge in [0, 0.05) is 18.0 Å². The zero-order chi connectivity index (χ0) is 22.3. The van der Waals surface area contributed by atoms with Gasteiger partial charge in [-0.05, 0) is 34.9 Å². The fraction of sp³-hybridized carbons (Fsp3) is 0.174. The number of nitrogens with one attached hydrogen (secondary N) is 2. The number of carbonyl (C=O) groups is 2. The minimum absolute atomic E-state index is 0.0233. The Bertz CT molecular complexity index is 1220. The lowest BCUT2D eigenvalue weighted by molar-refractivity contribution is -0.130. The molecule has 1 atom stereocenters. The second kappa shape index (κ2) is 9.80. The van der Waals surface area contributed by atoms with Crippen molar-refractivity contribution in [1.82, 2.24) is 30.8 Å². The lowest BCUT2D eigenvalue weighted by atomic mass is 10.00. The topological polar surface area (TPSA) is 122 Å². The summed E-state index contributed by atoms with van der Waals surface area (Å²) < 4.78 is 1.60. The molecule has 162 valence electrons. The van der Waals surface area contributed by atoms with Crippen LogP contribution in [0, 0.1) is 0 Å². The fourth-order valence-electron chi connectivity index (χ4n) is 3.51. The second-order valence-electron chi connectivity index (χ2n) is 7.39. The van der Waals surface area contributed by atoms with Crippen LogP contribution in [0.1, 0.15) is 34.1 Å². The Morgan fingerprint density at radius 2 is 1.81 bits per heavy atom. The maximum absolute atomic E-state index is 12.2. The van der Waals surface area contributed by atoms with E-state index in [1.165, 1.54) is 0 Å². The molecule has 0 saturated heterocycles. The van der Waals surface area contributed by atoms with Crippen molar-refractivity contribution in [2.45, 2.75) is 25.4 Å². The Balaban J connectivity index is 1.48. The molecule has 0 radical (unpaired) electrons. The van der Waals surface area contributed by atoms with Crippen LogP contribution in [0.5, 0.6) is 0 Å². The number of benzene rings is 2. The molecular weight excluding hydrogens is 408 g/mol. The number of rotatable bonds is 8. The molecule has 9 nitrogen and oxygen atoms in total. The highest BCUT2D eigenvalue weighted by Gasteiger charge is 2.19. The molecule has 9 heteroatoms. The Morgan fingerprint density at radius 3 is 2.59 bits per heavy atom. The fourth-order valence-corrected chi connectivity index (χ4v) is 3.51. The number of aromatic nitrogens is 4. The van der Waals surface area contributed by atoms with Crippen LogP contribution in [-0.4, -0.2) is 37.0 Å². The first kappa shape index (κ1) is 21.1. The summed E-state index contributed by atoms with van der Waals surface area (Å²) in [6, 6.07) is 17.1. The van der Waals surface area contributed by atoms with Crippen molar-refractivity contribution in [3.05, 3.63) is 90.0 Å². The molecule has 0 spiro atoms. The number of hydrogen-bond donors (Lipinski definition) is 3. The van der Waals surface area contributed by atoms with Gasteiger partial charge in [-0.1, -0.05) is 47.7 Å². The monoisotopic (exact) mass is 430 g/mol. The maximum Gasteiger partial charge on any atom is 0.251 e. The first-order valence-corrected chi connectivity index (χ1v) is 10.1. The third-order valence-corrected chi connectivity index (χ3v) is 5.14. The summed E-state index contributed by atoms with van der Waals surface area (Å²) in [6.45, 7) is 0.191. The van der Waals surface area contributed by atoms with Crippen LogP contribution in [0.3, 0.4) is 0 Å². The molecular formula is C23H22N6O3. The summed E-state index contributed by atoms with van der Waals surface area (Å²) in [5, 5.41) is 22.3. The summed E-state index contributed by atoms with van der Waals surface area (Å²) in [7, 11) is 0. The van der Waals surface area contributed by atoms with E-state index in [1.54, 1.807) is 40.9 Å². The van der Waals surface area contributed by atoms with Gasteiger partial charge in [-0.25, -0.2) is 10.2 Å². The van der Waals surface area contributed by atoms with Crippen LogP contribution >= 0.6 is 0 Å². The molecule has 0 aliphatic heterocycles. The van der Waals surface area contributed by atoms with Crippen LogP contribution in [0.25, 0.3) is 10.8 Å². The summed E-state index contributed by atoms with van der Waals surface area (Å²) in [4.78, 5) is 28.0. The van der Waals surface area contributed by atoms with Gasteiger partial charge < -0.3 is 5.32 Å². The average molecular weight is 430 g/mol.